The van der Waals surface area contributed by atoms with E-state index in [4.69, 9.17) is 9.47 Å². The van der Waals surface area contributed by atoms with Crippen LogP contribution in [-0.4, -0.2) is 75.1 Å². The van der Waals surface area contributed by atoms with Crippen molar-refractivity contribution >= 4 is 17.5 Å². The summed E-state index contributed by atoms with van der Waals surface area (Å²) in [6, 6.07) is 15.2. The summed E-state index contributed by atoms with van der Waals surface area (Å²) in [4.78, 5) is 32.0. The number of hydrogen-bond acceptors (Lipinski definition) is 5. The molecule has 32 heavy (non-hydrogen) atoms. The van der Waals surface area contributed by atoms with E-state index in [2.05, 4.69) is 11.0 Å². The van der Waals surface area contributed by atoms with Crippen LogP contribution in [-0.2, 0) is 4.79 Å². The van der Waals surface area contributed by atoms with Gasteiger partial charge in [-0.2, -0.15) is 0 Å². The monoisotopic (exact) mass is 437 g/mol. The number of nitrogens with zero attached hydrogens (tertiary/aromatic N) is 3. The first-order valence-corrected chi connectivity index (χ1v) is 11.2. The van der Waals surface area contributed by atoms with Gasteiger partial charge >= 0.3 is 0 Å². The average molecular weight is 438 g/mol. The van der Waals surface area contributed by atoms with Crippen molar-refractivity contribution in [3.05, 3.63) is 54.1 Å². The van der Waals surface area contributed by atoms with Crippen molar-refractivity contribution in [2.75, 3.05) is 58.4 Å². The van der Waals surface area contributed by atoms with Gasteiger partial charge < -0.3 is 24.2 Å². The third kappa shape index (κ3) is 4.66. The van der Waals surface area contributed by atoms with E-state index in [1.54, 1.807) is 38.5 Å². The van der Waals surface area contributed by atoms with Gasteiger partial charge in [-0.05, 0) is 49.2 Å². The van der Waals surface area contributed by atoms with Gasteiger partial charge in [0.15, 0.2) is 0 Å². The molecule has 2 saturated heterocycles. The van der Waals surface area contributed by atoms with Gasteiger partial charge in [0.05, 0.1) is 19.9 Å². The van der Waals surface area contributed by atoms with Crippen LogP contribution < -0.4 is 14.4 Å². The van der Waals surface area contributed by atoms with E-state index in [1.807, 2.05) is 28.0 Å². The van der Waals surface area contributed by atoms with E-state index >= 15 is 0 Å². The lowest BCUT2D eigenvalue weighted by Gasteiger charge is -2.39. The Bertz CT molecular complexity index is 930. The summed E-state index contributed by atoms with van der Waals surface area (Å²) in [6.45, 7) is 4.23. The SMILES string of the molecule is COc1ccc(C(=O)N2CCC(C(=O)N3CCN(c4ccccc4OC)CC3)CC2)cc1. The Labute approximate surface area is 189 Å². The fourth-order valence-electron chi connectivity index (χ4n) is 4.56. The number of benzene rings is 2. The Hall–Kier alpha value is -3.22. The van der Waals surface area contributed by atoms with Crippen LogP contribution in [0.25, 0.3) is 0 Å². The summed E-state index contributed by atoms with van der Waals surface area (Å²) >= 11 is 0. The van der Waals surface area contributed by atoms with Crippen LogP contribution in [0.3, 0.4) is 0 Å². The molecule has 0 spiro atoms. The predicted molar refractivity (Wildman–Crippen MR) is 123 cm³/mol. The molecule has 0 aromatic heterocycles. The molecule has 0 aliphatic carbocycles. The second kappa shape index (κ2) is 9.94. The minimum atomic E-state index is -0.00673. The highest BCUT2D eigenvalue weighted by Crippen LogP contribution is 2.29. The molecule has 2 heterocycles. The minimum absolute atomic E-state index is 0.00673. The lowest BCUT2D eigenvalue weighted by Crippen LogP contribution is -2.52. The Morgan fingerprint density at radius 1 is 0.781 bits per heavy atom. The molecule has 0 saturated carbocycles. The molecular weight excluding hydrogens is 406 g/mol. The van der Waals surface area contributed by atoms with Crippen molar-refractivity contribution in [3.8, 4) is 11.5 Å². The van der Waals surface area contributed by atoms with E-state index in [0.29, 0.717) is 44.6 Å². The number of ether oxygens (including phenoxy) is 2. The van der Waals surface area contributed by atoms with Crippen LogP contribution in [0, 0.1) is 5.92 Å². The average Bonchev–Trinajstić information content (AvgIpc) is 2.88. The number of piperazine rings is 1. The van der Waals surface area contributed by atoms with Crippen molar-refractivity contribution in [1.29, 1.82) is 0 Å². The van der Waals surface area contributed by atoms with Gasteiger partial charge in [-0.15, -0.1) is 0 Å². The standard InChI is InChI=1S/C25H31N3O4/c1-31-21-9-7-19(8-10-21)24(29)27-13-11-20(12-14-27)25(30)28-17-15-26(16-18-28)22-5-3-4-6-23(22)32-2/h3-10,20H,11-18H2,1-2H3. The Kier molecular flexibility index (Phi) is 6.83. The van der Waals surface area contributed by atoms with E-state index in [9.17, 15) is 9.59 Å². The predicted octanol–water partition coefficient (Wildman–Crippen LogP) is 2.90. The fraction of sp³-hybridized carbons (Fsp3) is 0.440. The molecule has 2 amide bonds. The zero-order valence-electron chi connectivity index (χ0n) is 18.8. The molecule has 2 aromatic rings. The highest BCUT2D eigenvalue weighted by atomic mass is 16.5. The van der Waals surface area contributed by atoms with Crippen LogP contribution in [0.4, 0.5) is 5.69 Å². The van der Waals surface area contributed by atoms with Crippen LogP contribution in [0.15, 0.2) is 48.5 Å². The number of hydrogen-bond donors (Lipinski definition) is 0. The Morgan fingerprint density at radius 2 is 1.44 bits per heavy atom. The van der Waals surface area contributed by atoms with Crippen LogP contribution >= 0.6 is 0 Å². The minimum Gasteiger partial charge on any atom is -0.497 e. The summed E-state index contributed by atoms with van der Waals surface area (Å²) in [6.07, 6.45) is 1.43. The number of rotatable bonds is 5. The van der Waals surface area contributed by atoms with Crippen LogP contribution in [0.1, 0.15) is 23.2 Å². The van der Waals surface area contributed by atoms with Crippen molar-refractivity contribution in [3.63, 3.8) is 0 Å². The molecule has 4 rings (SSSR count). The van der Waals surface area contributed by atoms with Gasteiger partial charge in [-0.25, -0.2) is 0 Å². The number of carbonyl (C=O) groups is 2. The molecule has 0 bridgehead atoms. The topological polar surface area (TPSA) is 62.3 Å². The molecule has 7 nitrogen and oxygen atoms in total. The molecule has 2 fully saturated rings. The molecule has 0 radical (unpaired) electrons. The van der Waals surface area contributed by atoms with Gasteiger partial charge in [0.1, 0.15) is 11.5 Å². The molecule has 2 aliphatic rings. The number of methoxy groups -OCH3 is 2. The molecule has 0 N–H and O–H groups in total. The van der Waals surface area contributed by atoms with Gasteiger partial charge in [0, 0.05) is 50.7 Å². The number of para-hydroxylation sites is 2. The summed E-state index contributed by atoms with van der Waals surface area (Å²) in [5.41, 5.74) is 1.73. The second-order valence-corrected chi connectivity index (χ2v) is 8.28. The van der Waals surface area contributed by atoms with Gasteiger partial charge in [-0.3, -0.25) is 9.59 Å². The summed E-state index contributed by atoms with van der Waals surface area (Å²) in [5, 5.41) is 0. The van der Waals surface area contributed by atoms with E-state index < -0.39 is 0 Å². The highest BCUT2D eigenvalue weighted by Gasteiger charge is 2.32. The molecule has 0 unspecified atom stereocenters. The third-order valence-electron chi connectivity index (χ3n) is 6.49. The van der Waals surface area contributed by atoms with Crippen molar-refractivity contribution in [2.24, 2.45) is 5.92 Å². The second-order valence-electron chi connectivity index (χ2n) is 8.28. The number of piperidine rings is 1. The van der Waals surface area contributed by atoms with Crippen molar-refractivity contribution in [1.82, 2.24) is 9.80 Å². The first kappa shape index (κ1) is 22.0. The Morgan fingerprint density at radius 3 is 2.06 bits per heavy atom. The van der Waals surface area contributed by atoms with E-state index in [0.717, 1.165) is 30.3 Å². The first-order chi connectivity index (χ1) is 15.6. The van der Waals surface area contributed by atoms with Crippen molar-refractivity contribution < 1.29 is 19.1 Å². The molecule has 7 heteroatoms. The summed E-state index contributed by atoms with van der Waals surface area (Å²) in [5.74, 6) is 1.83. The molecular formula is C25H31N3O4. The first-order valence-electron chi connectivity index (χ1n) is 11.2. The summed E-state index contributed by atoms with van der Waals surface area (Å²) in [7, 11) is 3.29. The van der Waals surface area contributed by atoms with Crippen molar-refractivity contribution in [2.45, 2.75) is 12.8 Å². The maximum Gasteiger partial charge on any atom is 0.253 e. The zero-order valence-corrected chi connectivity index (χ0v) is 18.8. The number of anilines is 1. The van der Waals surface area contributed by atoms with E-state index in [-0.39, 0.29) is 17.7 Å². The number of amides is 2. The third-order valence-corrected chi connectivity index (χ3v) is 6.49. The molecule has 2 aliphatic heterocycles. The lowest BCUT2D eigenvalue weighted by molar-refractivity contribution is -0.137. The maximum atomic E-state index is 13.1. The van der Waals surface area contributed by atoms with Crippen LogP contribution in [0.5, 0.6) is 11.5 Å². The normalized spacial score (nSPS) is 17.2. The largest absolute Gasteiger partial charge is 0.497 e. The molecule has 170 valence electrons. The number of likely N-dealkylation sites (tertiary alicyclic amines) is 1. The highest BCUT2D eigenvalue weighted by molar-refractivity contribution is 5.94. The lowest BCUT2D eigenvalue weighted by atomic mass is 9.94. The molecule has 0 atom stereocenters. The zero-order chi connectivity index (χ0) is 22.5. The summed E-state index contributed by atoms with van der Waals surface area (Å²) < 4.78 is 10.6. The Balaban J connectivity index is 1.28. The van der Waals surface area contributed by atoms with E-state index in [1.165, 1.54) is 0 Å². The quantitative estimate of drug-likeness (QED) is 0.720. The maximum absolute atomic E-state index is 13.1. The fourth-order valence-corrected chi connectivity index (χ4v) is 4.56. The number of carbonyl (C=O) groups excluding carboxylic acids is 2. The van der Waals surface area contributed by atoms with Gasteiger partial charge in [0.25, 0.3) is 5.91 Å². The van der Waals surface area contributed by atoms with Crippen LogP contribution in [0.2, 0.25) is 0 Å². The molecule has 2 aromatic carbocycles. The van der Waals surface area contributed by atoms with Gasteiger partial charge in [-0.1, -0.05) is 12.1 Å². The van der Waals surface area contributed by atoms with Gasteiger partial charge in [0.2, 0.25) is 5.91 Å². The smallest absolute Gasteiger partial charge is 0.253 e.